The topological polar surface area (TPSA) is 52.2 Å². The van der Waals surface area contributed by atoms with Crippen LogP contribution in [0.25, 0.3) is 0 Å². The molecule has 0 saturated carbocycles. The van der Waals surface area contributed by atoms with E-state index >= 15 is 0 Å². The summed E-state index contributed by atoms with van der Waals surface area (Å²) in [6.45, 7) is 5.74. The number of H-pyrrole nitrogens is 1. The number of aromatic amines is 1. The van der Waals surface area contributed by atoms with Crippen LogP contribution in [0.2, 0.25) is 0 Å². The zero-order chi connectivity index (χ0) is 19.0. The van der Waals surface area contributed by atoms with Crippen LogP contribution in [0.3, 0.4) is 0 Å². The van der Waals surface area contributed by atoms with Gasteiger partial charge in [0.25, 0.3) is 5.56 Å². The van der Waals surface area contributed by atoms with Crippen LogP contribution in [0.4, 0.5) is 14.7 Å². The molecule has 4 rings (SSSR count). The lowest BCUT2D eigenvalue weighted by atomic mass is 10.0. The van der Waals surface area contributed by atoms with Gasteiger partial charge in [-0.05, 0) is 36.5 Å². The molecule has 0 bridgehead atoms. The Hall–Kier alpha value is -2.28. The molecule has 144 valence electrons. The highest BCUT2D eigenvalue weighted by molar-refractivity contribution is 5.35. The number of halogens is 2. The molecule has 1 aromatic heterocycles. The molecule has 1 atom stereocenters. The van der Waals surface area contributed by atoms with Crippen molar-refractivity contribution >= 4 is 5.95 Å². The Morgan fingerprint density at radius 1 is 1.26 bits per heavy atom. The van der Waals surface area contributed by atoms with Gasteiger partial charge in [-0.25, -0.2) is 13.8 Å². The van der Waals surface area contributed by atoms with Gasteiger partial charge in [-0.15, -0.1) is 0 Å². The Morgan fingerprint density at radius 2 is 2.11 bits per heavy atom. The minimum atomic E-state index is -0.844. The molecular formula is C20H24F2N4O. The van der Waals surface area contributed by atoms with Crippen LogP contribution < -0.4 is 10.5 Å². The quantitative estimate of drug-likeness (QED) is 0.898. The van der Waals surface area contributed by atoms with Crippen molar-refractivity contribution in [3.05, 3.63) is 57.0 Å². The molecule has 7 heteroatoms. The zero-order valence-corrected chi connectivity index (χ0v) is 15.5. The van der Waals surface area contributed by atoms with Gasteiger partial charge in [0.1, 0.15) is 0 Å². The summed E-state index contributed by atoms with van der Waals surface area (Å²) >= 11 is 0. The first-order chi connectivity index (χ1) is 13.0. The molecule has 1 N–H and O–H groups in total. The summed E-state index contributed by atoms with van der Waals surface area (Å²) in [5.41, 5.74) is 2.13. The van der Waals surface area contributed by atoms with Gasteiger partial charge in [-0.1, -0.05) is 13.0 Å². The van der Waals surface area contributed by atoms with Crippen molar-refractivity contribution < 1.29 is 8.78 Å². The molecule has 0 radical (unpaired) electrons. The molecule has 1 fully saturated rings. The van der Waals surface area contributed by atoms with Crippen LogP contribution in [0.5, 0.6) is 0 Å². The summed E-state index contributed by atoms with van der Waals surface area (Å²) in [6, 6.07) is 3.94. The first-order valence-corrected chi connectivity index (χ1v) is 9.53. The van der Waals surface area contributed by atoms with E-state index in [4.69, 9.17) is 4.98 Å². The third-order valence-corrected chi connectivity index (χ3v) is 5.48. The number of rotatable bonds is 3. The maximum absolute atomic E-state index is 13.4. The zero-order valence-electron chi connectivity index (χ0n) is 15.5. The number of hydrogen-bond acceptors (Lipinski definition) is 4. The normalized spacial score (nSPS) is 20.6. The number of hydrogen-bond donors (Lipinski definition) is 1. The third kappa shape index (κ3) is 3.88. The SMILES string of the molecule is C[C@@H]1CCCN(c2nc3c(c(=O)[nH]2)CN(Cc2ccc(F)c(F)c2)CC3)C1. The number of benzene rings is 1. The van der Waals surface area contributed by atoms with E-state index in [0.717, 1.165) is 37.8 Å². The van der Waals surface area contributed by atoms with Gasteiger partial charge >= 0.3 is 0 Å². The van der Waals surface area contributed by atoms with Crippen molar-refractivity contribution in [2.75, 3.05) is 24.5 Å². The van der Waals surface area contributed by atoms with Gasteiger partial charge in [0.15, 0.2) is 11.6 Å². The van der Waals surface area contributed by atoms with Gasteiger partial charge in [0, 0.05) is 39.1 Å². The van der Waals surface area contributed by atoms with Crippen molar-refractivity contribution in [3.63, 3.8) is 0 Å². The number of nitrogens with one attached hydrogen (secondary N) is 1. The van der Waals surface area contributed by atoms with Gasteiger partial charge < -0.3 is 4.90 Å². The predicted octanol–water partition coefficient (Wildman–Crippen LogP) is 2.84. The van der Waals surface area contributed by atoms with E-state index < -0.39 is 11.6 Å². The Labute approximate surface area is 157 Å². The Kier molecular flexibility index (Phi) is 4.95. The number of nitrogens with zero attached hydrogens (tertiary/aromatic N) is 3. The average Bonchev–Trinajstić information content (AvgIpc) is 2.65. The summed E-state index contributed by atoms with van der Waals surface area (Å²) in [5, 5.41) is 0. The molecule has 0 amide bonds. The van der Waals surface area contributed by atoms with Gasteiger partial charge in [0.05, 0.1) is 11.3 Å². The van der Waals surface area contributed by atoms with Crippen molar-refractivity contribution in [1.82, 2.24) is 14.9 Å². The van der Waals surface area contributed by atoms with Crippen LogP contribution in [0, 0.1) is 17.6 Å². The summed E-state index contributed by atoms with van der Waals surface area (Å²) in [5.74, 6) is -0.404. The van der Waals surface area contributed by atoms with E-state index in [1.54, 1.807) is 6.07 Å². The van der Waals surface area contributed by atoms with E-state index in [9.17, 15) is 13.6 Å². The smallest absolute Gasteiger partial charge is 0.257 e. The Balaban J connectivity index is 1.51. The Morgan fingerprint density at radius 3 is 2.89 bits per heavy atom. The first-order valence-electron chi connectivity index (χ1n) is 9.53. The lowest BCUT2D eigenvalue weighted by Gasteiger charge is -2.33. The molecule has 0 spiro atoms. The minimum Gasteiger partial charge on any atom is -0.342 e. The molecule has 1 aromatic carbocycles. The van der Waals surface area contributed by atoms with Crippen molar-refractivity contribution in [2.24, 2.45) is 5.92 Å². The predicted molar refractivity (Wildman–Crippen MR) is 99.6 cm³/mol. The molecule has 2 aliphatic heterocycles. The molecule has 2 aliphatic rings. The summed E-state index contributed by atoms with van der Waals surface area (Å²) < 4.78 is 26.5. The molecule has 5 nitrogen and oxygen atoms in total. The standard InChI is InChI=1S/C20H24F2N4O/c1-13-3-2-7-26(10-13)20-23-18-6-8-25(12-15(18)19(27)24-20)11-14-4-5-16(21)17(22)9-14/h4-5,9,13H,2-3,6-8,10-12H2,1H3,(H,23,24,27)/t13-/m1/s1. The number of aromatic nitrogens is 2. The van der Waals surface area contributed by atoms with E-state index in [1.165, 1.54) is 12.5 Å². The molecule has 2 aromatic rings. The van der Waals surface area contributed by atoms with E-state index in [1.807, 2.05) is 0 Å². The minimum absolute atomic E-state index is 0.0942. The Bertz CT molecular complexity index is 898. The first kappa shape index (κ1) is 18.1. The number of fused-ring (bicyclic) bond motifs is 1. The molecular weight excluding hydrogens is 350 g/mol. The van der Waals surface area contributed by atoms with Gasteiger partial charge in [-0.2, -0.15) is 0 Å². The molecule has 0 aliphatic carbocycles. The van der Waals surface area contributed by atoms with Gasteiger partial charge in [0.2, 0.25) is 5.95 Å². The fourth-order valence-electron chi connectivity index (χ4n) is 4.03. The summed E-state index contributed by atoms with van der Waals surface area (Å²) in [4.78, 5) is 24.6. The fourth-order valence-corrected chi connectivity index (χ4v) is 4.03. The highest BCUT2D eigenvalue weighted by Gasteiger charge is 2.24. The van der Waals surface area contributed by atoms with E-state index in [2.05, 4.69) is 21.7 Å². The monoisotopic (exact) mass is 374 g/mol. The largest absolute Gasteiger partial charge is 0.342 e. The van der Waals surface area contributed by atoms with Gasteiger partial charge in [-0.3, -0.25) is 14.7 Å². The lowest BCUT2D eigenvalue weighted by molar-refractivity contribution is 0.241. The lowest BCUT2D eigenvalue weighted by Crippen LogP contribution is -2.39. The van der Waals surface area contributed by atoms with Crippen LogP contribution in [-0.2, 0) is 19.5 Å². The summed E-state index contributed by atoms with van der Waals surface area (Å²) in [7, 11) is 0. The maximum atomic E-state index is 13.4. The summed E-state index contributed by atoms with van der Waals surface area (Å²) in [6.07, 6.45) is 3.01. The van der Waals surface area contributed by atoms with Crippen LogP contribution in [0.1, 0.15) is 36.6 Å². The third-order valence-electron chi connectivity index (χ3n) is 5.48. The molecule has 27 heavy (non-hydrogen) atoms. The number of piperidine rings is 1. The fraction of sp³-hybridized carbons (Fsp3) is 0.500. The van der Waals surface area contributed by atoms with Crippen LogP contribution in [-0.4, -0.2) is 34.5 Å². The second kappa shape index (κ2) is 7.38. The second-order valence-electron chi connectivity index (χ2n) is 7.72. The van der Waals surface area contributed by atoms with Crippen LogP contribution in [0.15, 0.2) is 23.0 Å². The maximum Gasteiger partial charge on any atom is 0.257 e. The number of anilines is 1. The van der Waals surface area contributed by atoms with Crippen LogP contribution >= 0.6 is 0 Å². The van der Waals surface area contributed by atoms with Crippen molar-refractivity contribution in [1.29, 1.82) is 0 Å². The van der Waals surface area contributed by atoms with Crippen molar-refractivity contribution in [2.45, 2.75) is 39.3 Å². The molecule has 3 heterocycles. The second-order valence-corrected chi connectivity index (χ2v) is 7.72. The molecule has 0 unspecified atom stereocenters. The average molecular weight is 374 g/mol. The van der Waals surface area contributed by atoms with E-state index in [-0.39, 0.29) is 5.56 Å². The highest BCUT2D eigenvalue weighted by atomic mass is 19.2. The molecule has 1 saturated heterocycles. The van der Waals surface area contributed by atoms with E-state index in [0.29, 0.717) is 42.5 Å². The highest BCUT2D eigenvalue weighted by Crippen LogP contribution is 2.22. The van der Waals surface area contributed by atoms with Crippen molar-refractivity contribution in [3.8, 4) is 0 Å².